The van der Waals surface area contributed by atoms with Gasteiger partial charge in [-0.15, -0.1) is 0 Å². The molecule has 0 spiro atoms. The minimum atomic E-state index is -3.97. The number of hydrogen-bond donors (Lipinski definition) is 3. The van der Waals surface area contributed by atoms with E-state index in [-0.39, 0.29) is 6.04 Å². The summed E-state index contributed by atoms with van der Waals surface area (Å²) in [5, 5.41) is 8.75. The molecule has 0 bridgehead atoms. The van der Waals surface area contributed by atoms with E-state index in [0.717, 1.165) is 7.11 Å². The largest absolute Gasteiger partial charge is 0.480 e. The lowest BCUT2D eigenvalue weighted by Gasteiger charge is -2.15. The maximum absolute atomic E-state index is 11.4. The van der Waals surface area contributed by atoms with E-state index in [9.17, 15) is 18.0 Å². The van der Waals surface area contributed by atoms with Crippen molar-refractivity contribution in [2.75, 3.05) is 7.11 Å². The smallest absolute Gasteiger partial charge is 0.322 e. The predicted octanol–water partition coefficient (Wildman–Crippen LogP) is -1.16. The van der Waals surface area contributed by atoms with E-state index in [4.69, 9.17) is 5.11 Å². The summed E-state index contributed by atoms with van der Waals surface area (Å²) < 4.78 is 31.0. The lowest BCUT2D eigenvalue weighted by Crippen LogP contribution is -2.49. The highest BCUT2D eigenvalue weighted by Crippen LogP contribution is 1.97. The summed E-state index contributed by atoms with van der Waals surface area (Å²) >= 11 is 0. The SMILES string of the molecule is COC(=O)C[C@H](NS(=O)(=O)NC(C)C)C(=O)O. The van der Waals surface area contributed by atoms with Crippen LogP contribution >= 0.6 is 0 Å². The molecule has 0 rings (SSSR count). The molecule has 0 heterocycles. The van der Waals surface area contributed by atoms with Crippen molar-refractivity contribution >= 4 is 22.1 Å². The van der Waals surface area contributed by atoms with Gasteiger partial charge >= 0.3 is 11.9 Å². The Labute approximate surface area is 99.5 Å². The molecule has 17 heavy (non-hydrogen) atoms. The Morgan fingerprint density at radius 1 is 1.29 bits per heavy atom. The quantitative estimate of drug-likeness (QED) is 0.500. The first-order chi connectivity index (χ1) is 7.68. The fraction of sp³-hybridized carbons (Fsp3) is 0.750. The Hall–Kier alpha value is -1.19. The molecule has 0 saturated heterocycles. The number of carbonyl (C=O) groups is 2. The van der Waals surface area contributed by atoms with Gasteiger partial charge in [-0.05, 0) is 13.8 Å². The maximum Gasteiger partial charge on any atom is 0.322 e. The second kappa shape index (κ2) is 6.52. The summed E-state index contributed by atoms with van der Waals surface area (Å²) in [6.07, 6.45) is -0.579. The summed E-state index contributed by atoms with van der Waals surface area (Å²) in [4.78, 5) is 21.6. The summed E-state index contributed by atoms with van der Waals surface area (Å²) in [6, 6.07) is -1.95. The van der Waals surface area contributed by atoms with Gasteiger partial charge in [-0.2, -0.15) is 17.9 Å². The van der Waals surface area contributed by atoms with Gasteiger partial charge in [0.05, 0.1) is 13.5 Å². The van der Waals surface area contributed by atoms with Gasteiger partial charge in [0.1, 0.15) is 6.04 Å². The van der Waals surface area contributed by atoms with Crippen LogP contribution in [0.25, 0.3) is 0 Å². The van der Waals surface area contributed by atoms with Crippen LogP contribution in [0, 0.1) is 0 Å². The molecular weight excluding hydrogens is 252 g/mol. The van der Waals surface area contributed by atoms with Crippen molar-refractivity contribution in [1.82, 2.24) is 9.44 Å². The molecule has 0 aromatic rings. The van der Waals surface area contributed by atoms with Gasteiger partial charge in [0.15, 0.2) is 0 Å². The van der Waals surface area contributed by atoms with E-state index in [2.05, 4.69) is 9.46 Å². The van der Waals surface area contributed by atoms with Crippen LogP contribution in [0.3, 0.4) is 0 Å². The molecule has 9 heteroatoms. The third-order valence-corrected chi connectivity index (χ3v) is 2.96. The minimum absolute atomic E-state index is 0.389. The van der Waals surface area contributed by atoms with Crippen LogP contribution in [-0.2, 0) is 24.5 Å². The van der Waals surface area contributed by atoms with Gasteiger partial charge in [-0.3, -0.25) is 9.59 Å². The molecule has 0 aromatic carbocycles. The lowest BCUT2D eigenvalue weighted by atomic mass is 10.2. The standard InChI is InChI=1S/C8H16N2O6S/c1-5(2)9-17(14,15)10-6(8(12)13)4-7(11)16-3/h5-6,9-10H,4H2,1-3H3,(H,12,13)/t6-/m0/s1. The Kier molecular flexibility index (Phi) is 6.07. The number of methoxy groups -OCH3 is 1. The molecule has 0 fully saturated rings. The number of carboxylic acid groups (broad SMARTS) is 1. The monoisotopic (exact) mass is 268 g/mol. The van der Waals surface area contributed by atoms with Crippen LogP contribution in [0.5, 0.6) is 0 Å². The van der Waals surface area contributed by atoms with Gasteiger partial charge in [-0.25, -0.2) is 0 Å². The lowest BCUT2D eigenvalue weighted by molar-refractivity contribution is -0.147. The zero-order valence-electron chi connectivity index (χ0n) is 9.76. The maximum atomic E-state index is 11.4. The molecule has 0 aliphatic carbocycles. The number of aliphatic carboxylic acids is 1. The van der Waals surface area contributed by atoms with Crippen molar-refractivity contribution in [2.24, 2.45) is 0 Å². The highest BCUT2D eigenvalue weighted by molar-refractivity contribution is 7.87. The van der Waals surface area contributed by atoms with Gasteiger partial charge in [0.25, 0.3) is 10.2 Å². The topological polar surface area (TPSA) is 122 Å². The predicted molar refractivity (Wildman–Crippen MR) is 58.4 cm³/mol. The van der Waals surface area contributed by atoms with Crippen molar-refractivity contribution in [1.29, 1.82) is 0 Å². The number of rotatable bonds is 7. The van der Waals surface area contributed by atoms with Crippen molar-refractivity contribution < 1.29 is 27.9 Å². The number of esters is 1. The Morgan fingerprint density at radius 2 is 1.82 bits per heavy atom. The Morgan fingerprint density at radius 3 is 2.18 bits per heavy atom. The van der Waals surface area contributed by atoms with Gasteiger partial charge in [0, 0.05) is 6.04 Å². The van der Waals surface area contributed by atoms with Crippen LogP contribution in [0.4, 0.5) is 0 Å². The van der Waals surface area contributed by atoms with E-state index in [1.54, 1.807) is 13.8 Å². The molecule has 1 atom stereocenters. The first-order valence-corrected chi connectivity index (χ1v) is 6.25. The molecule has 0 unspecified atom stereocenters. The molecule has 100 valence electrons. The first kappa shape index (κ1) is 15.8. The third-order valence-electron chi connectivity index (χ3n) is 1.58. The van der Waals surface area contributed by atoms with E-state index in [1.807, 2.05) is 4.72 Å². The highest BCUT2D eigenvalue weighted by Gasteiger charge is 2.27. The average Bonchev–Trinajstić information content (AvgIpc) is 2.13. The van der Waals surface area contributed by atoms with Crippen molar-refractivity contribution in [3.8, 4) is 0 Å². The van der Waals surface area contributed by atoms with E-state index >= 15 is 0 Å². The zero-order chi connectivity index (χ0) is 13.6. The zero-order valence-corrected chi connectivity index (χ0v) is 10.6. The van der Waals surface area contributed by atoms with Gasteiger partial charge < -0.3 is 9.84 Å². The fourth-order valence-corrected chi connectivity index (χ4v) is 2.21. The van der Waals surface area contributed by atoms with Crippen LogP contribution in [-0.4, -0.2) is 44.7 Å². The second-order valence-electron chi connectivity index (χ2n) is 3.56. The van der Waals surface area contributed by atoms with Gasteiger partial charge in [-0.1, -0.05) is 0 Å². The second-order valence-corrected chi connectivity index (χ2v) is 5.04. The Bertz CT molecular complexity index is 377. The third kappa shape index (κ3) is 6.87. The number of ether oxygens (including phenoxy) is 1. The highest BCUT2D eigenvalue weighted by atomic mass is 32.2. The van der Waals surface area contributed by atoms with Crippen LogP contribution in [0.2, 0.25) is 0 Å². The van der Waals surface area contributed by atoms with Gasteiger partial charge in [0.2, 0.25) is 0 Å². The molecule has 0 aliphatic rings. The molecule has 0 radical (unpaired) electrons. The van der Waals surface area contributed by atoms with E-state index in [0.29, 0.717) is 0 Å². The summed E-state index contributed by atoms with van der Waals surface area (Å²) in [5.41, 5.74) is 0. The molecule has 0 aliphatic heterocycles. The van der Waals surface area contributed by atoms with Crippen molar-refractivity contribution in [3.63, 3.8) is 0 Å². The van der Waals surface area contributed by atoms with Crippen molar-refractivity contribution in [3.05, 3.63) is 0 Å². The summed E-state index contributed by atoms with van der Waals surface area (Å²) in [7, 11) is -2.88. The molecule has 0 amide bonds. The molecule has 3 N–H and O–H groups in total. The number of carbonyl (C=O) groups excluding carboxylic acids is 1. The minimum Gasteiger partial charge on any atom is -0.480 e. The first-order valence-electron chi connectivity index (χ1n) is 4.77. The molecule has 0 saturated carbocycles. The molecule has 0 aromatic heterocycles. The van der Waals surface area contributed by atoms with Crippen molar-refractivity contribution in [2.45, 2.75) is 32.4 Å². The molecular formula is C8H16N2O6S. The normalized spacial score (nSPS) is 13.4. The van der Waals surface area contributed by atoms with Crippen LogP contribution < -0.4 is 9.44 Å². The average molecular weight is 268 g/mol. The number of carboxylic acids is 1. The van der Waals surface area contributed by atoms with E-state index in [1.165, 1.54) is 0 Å². The Balaban J connectivity index is 4.66. The van der Waals surface area contributed by atoms with Crippen LogP contribution in [0.1, 0.15) is 20.3 Å². The summed E-state index contributed by atoms with van der Waals surface area (Å²) in [5.74, 6) is -2.27. The summed E-state index contributed by atoms with van der Waals surface area (Å²) in [6.45, 7) is 3.16. The van der Waals surface area contributed by atoms with Crippen LogP contribution in [0.15, 0.2) is 0 Å². The fourth-order valence-electron chi connectivity index (χ4n) is 0.961. The van der Waals surface area contributed by atoms with E-state index < -0.39 is 34.6 Å². The number of nitrogens with one attached hydrogen (secondary N) is 2. The molecule has 8 nitrogen and oxygen atoms in total. The number of hydrogen-bond acceptors (Lipinski definition) is 5.